The molecule has 0 aliphatic carbocycles. The van der Waals surface area contributed by atoms with Gasteiger partial charge in [-0.15, -0.1) is 0 Å². The number of aromatic nitrogens is 1. The highest BCUT2D eigenvalue weighted by atomic mass is 79.9. The van der Waals surface area contributed by atoms with E-state index in [4.69, 9.17) is 23.2 Å². The van der Waals surface area contributed by atoms with Crippen LogP contribution in [-0.2, 0) is 0 Å². The standard InChI is InChI=1S/C12H6BrCl2N3O3/c13-8-5-6(14)1-2-7(8)12(19)17-11-9(18(20)21)3-4-10(15)16-11/h1-5H,(H,16,17,19). The first-order valence-corrected chi connectivity index (χ1v) is 7.00. The molecule has 6 nitrogen and oxygen atoms in total. The van der Waals surface area contributed by atoms with Gasteiger partial charge in [-0.25, -0.2) is 4.98 Å². The van der Waals surface area contributed by atoms with Gasteiger partial charge in [0, 0.05) is 15.6 Å². The van der Waals surface area contributed by atoms with Gasteiger partial charge in [-0.2, -0.15) is 0 Å². The Labute approximate surface area is 137 Å². The quantitative estimate of drug-likeness (QED) is 0.480. The van der Waals surface area contributed by atoms with E-state index in [0.29, 0.717) is 9.50 Å². The lowest BCUT2D eigenvalue weighted by Gasteiger charge is -2.07. The Hall–Kier alpha value is -1.70. The van der Waals surface area contributed by atoms with Crippen LogP contribution in [0.1, 0.15) is 10.4 Å². The second-order valence-corrected chi connectivity index (χ2v) is 5.52. The predicted molar refractivity (Wildman–Crippen MR) is 83.0 cm³/mol. The molecule has 0 aliphatic rings. The Morgan fingerprint density at radius 3 is 2.62 bits per heavy atom. The number of amides is 1. The smallest absolute Gasteiger partial charge is 0.301 e. The van der Waals surface area contributed by atoms with Crippen molar-refractivity contribution in [3.05, 3.63) is 60.7 Å². The Morgan fingerprint density at radius 2 is 2.00 bits per heavy atom. The van der Waals surface area contributed by atoms with Gasteiger partial charge in [0.05, 0.1) is 10.5 Å². The molecule has 1 aromatic carbocycles. The Morgan fingerprint density at radius 1 is 1.29 bits per heavy atom. The summed E-state index contributed by atoms with van der Waals surface area (Å²) in [5.74, 6) is -0.796. The first-order valence-electron chi connectivity index (χ1n) is 5.46. The maximum Gasteiger partial charge on any atom is 0.311 e. The molecule has 1 heterocycles. The fourth-order valence-electron chi connectivity index (χ4n) is 1.52. The number of carbonyl (C=O) groups excluding carboxylic acids is 1. The minimum atomic E-state index is -0.657. The summed E-state index contributed by atoms with van der Waals surface area (Å²) in [6, 6.07) is 6.99. The molecule has 1 aromatic heterocycles. The fourth-order valence-corrected chi connectivity index (χ4v) is 2.53. The van der Waals surface area contributed by atoms with Crippen LogP contribution in [0.15, 0.2) is 34.8 Å². The van der Waals surface area contributed by atoms with Crippen LogP contribution < -0.4 is 5.32 Å². The number of rotatable bonds is 3. The average Bonchev–Trinajstić information content (AvgIpc) is 2.37. The molecule has 0 spiro atoms. The van der Waals surface area contributed by atoms with Gasteiger partial charge < -0.3 is 5.32 Å². The zero-order chi connectivity index (χ0) is 15.6. The first-order chi connectivity index (χ1) is 9.88. The summed E-state index contributed by atoms with van der Waals surface area (Å²) in [6.45, 7) is 0. The summed E-state index contributed by atoms with van der Waals surface area (Å²) < 4.78 is 0.456. The molecule has 21 heavy (non-hydrogen) atoms. The second-order valence-electron chi connectivity index (χ2n) is 3.84. The van der Waals surface area contributed by atoms with E-state index in [1.807, 2.05) is 0 Å². The summed E-state index contributed by atoms with van der Waals surface area (Å²) in [6.07, 6.45) is 0. The average molecular weight is 391 g/mol. The molecule has 0 unspecified atom stereocenters. The van der Waals surface area contributed by atoms with Crippen molar-refractivity contribution in [2.45, 2.75) is 0 Å². The fraction of sp³-hybridized carbons (Fsp3) is 0. The predicted octanol–water partition coefficient (Wildman–Crippen LogP) is 4.31. The lowest BCUT2D eigenvalue weighted by Crippen LogP contribution is -2.15. The number of nitro groups is 1. The van der Waals surface area contributed by atoms with Gasteiger partial charge in [0.15, 0.2) is 0 Å². The Balaban J connectivity index is 2.35. The summed E-state index contributed by atoms with van der Waals surface area (Å²) in [5.41, 5.74) is -0.0895. The molecule has 108 valence electrons. The van der Waals surface area contributed by atoms with Gasteiger partial charge in [-0.05, 0) is 40.2 Å². The van der Waals surface area contributed by atoms with Gasteiger partial charge in [0.2, 0.25) is 5.82 Å². The molecule has 9 heteroatoms. The molecule has 2 aromatic rings. The van der Waals surface area contributed by atoms with Crippen molar-refractivity contribution in [1.29, 1.82) is 0 Å². The highest BCUT2D eigenvalue weighted by Gasteiger charge is 2.19. The normalized spacial score (nSPS) is 10.2. The van der Waals surface area contributed by atoms with E-state index < -0.39 is 10.8 Å². The minimum Gasteiger partial charge on any atom is -0.301 e. The molecule has 0 atom stereocenters. The summed E-state index contributed by atoms with van der Waals surface area (Å²) >= 11 is 14.7. The number of nitrogens with zero attached hydrogens (tertiary/aromatic N) is 2. The Kier molecular flexibility index (Phi) is 4.76. The molecule has 0 aliphatic heterocycles. The summed E-state index contributed by atoms with van der Waals surface area (Å²) in [4.78, 5) is 26.2. The lowest BCUT2D eigenvalue weighted by atomic mass is 10.2. The highest BCUT2D eigenvalue weighted by Crippen LogP contribution is 2.26. The third-order valence-electron chi connectivity index (χ3n) is 2.44. The molecule has 0 bridgehead atoms. The van der Waals surface area contributed by atoms with E-state index in [1.165, 1.54) is 30.3 Å². The van der Waals surface area contributed by atoms with Crippen LogP contribution in [0.25, 0.3) is 0 Å². The zero-order valence-electron chi connectivity index (χ0n) is 10.1. The molecule has 1 amide bonds. The van der Waals surface area contributed by atoms with E-state index in [-0.39, 0.29) is 22.2 Å². The number of carbonyl (C=O) groups is 1. The number of hydrogen-bond acceptors (Lipinski definition) is 4. The van der Waals surface area contributed by atoms with Crippen molar-refractivity contribution >= 4 is 56.5 Å². The molecule has 0 saturated carbocycles. The number of pyridine rings is 1. The van der Waals surface area contributed by atoms with Crippen molar-refractivity contribution in [1.82, 2.24) is 4.98 Å². The van der Waals surface area contributed by atoms with Crippen molar-refractivity contribution in [2.75, 3.05) is 5.32 Å². The van der Waals surface area contributed by atoms with Crippen molar-refractivity contribution in [3.63, 3.8) is 0 Å². The van der Waals surface area contributed by atoms with E-state index >= 15 is 0 Å². The Bertz CT molecular complexity index is 740. The lowest BCUT2D eigenvalue weighted by molar-refractivity contribution is -0.384. The van der Waals surface area contributed by atoms with Crippen LogP contribution in [0.4, 0.5) is 11.5 Å². The summed E-state index contributed by atoms with van der Waals surface area (Å²) in [7, 11) is 0. The number of halogens is 3. The van der Waals surface area contributed by atoms with E-state index in [2.05, 4.69) is 26.2 Å². The SMILES string of the molecule is O=C(Nc1nc(Cl)ccc1[N+](=O)[O-])c1ccc(Cl)cc1Br. The third-order valence-corrected chi connectivity index (χ3v) is 3.55. The van der Waals surface area contributed by atoms with Crippen LogP contribution in [0, 0.1) is 10.1 Å². The third kappa shape index (κ3) is 3.69. The molecular weight excluding hydrogens is 385 g/mol. The molecule has 0 fully saturated rings. The molecule has 1 N–H and O–H groups in total. The van der Waals surface area contributed by atoms with Gasteiger partial charge in [-0.3, -0.25) is 14.9 Å². The largest absolute Gasteiger partial charge is 0.311 e. The number of hydrogen-bond donors (Lipinski definition) is 1. The molecular formula is C12H6BrCl2N3O3. The van der Waals surface area contributed by atoms with Gasteiger partial charge in [0.1, 0.15) is 5.15 Å². The first kappa shape index (κ1) is 15.7. The molecule has 2 rings (SSSR count). The maximum absolute atomic E-state index is 12.1. The van der Waals surface area contributed by atoms with Crippen molar-refractivity contribution in [3.8, 4) is 0 Å². The van der Waals surface area contributed by atoms with Crippen molar-refractivity contribution < 1.29 is 9.72 Å². The molecule has 0 radical (unpaired) electrons. The zero-order valence-corrected chi connectivity index (χ0v) is 13.2. The second kappa shape index (κ2) is 6.38. The van der Waals surface area contributed by atoms with Crippen LogP contribution >= 0.6 is 39.1 Å². The monoisotopic (exact) mass is 389 g/mol. The van der Waals surface area contributed by atoms with Crippen LogP contribution in [-0.4, -0.2) is 15.8 Å². The number of nitrogens with one attached hydrogen (secondary N) is 1. The van der Waals surface area contributed by atoms with Crippen molar-refractivity contribution in [2.24, 2.45) is 0 Å². The van der Waals surface area contributed by atoms with E-state index in [1.54, 1.807) is 0 Å². The molecule has 0 saturated heterocycles. The van der Waals surface area contributed by atoms with Gasteiger partial charge in [-0.1, -0.05) is 23.2 Å². The van der Waals surface area contributed by atoms with E-state index in [9.17, 15) is 14.9 Å². The number of benzene rings is 1. The highest BCUT2D eigenvalue weighted by molar-refractivity contribution is 9.10. The van der Waals surface area contributed by atoms with Gasteiger partial charge in [0.25, 0.3) is 5.91 Å². The topological polar surface area (TPSA) is 85.1 Å². The van der Waals surface area contributed by atoms with Gasteiger partial charge >= 0.3 is 5.69 Å². The van der Waals surface area contributed by atoms with E-state index in [0.717, 1.165) is 0 Å². The van der Waals surface area contributed by atoms with Crippen LogP contribution in [0.5, 0.6) is 0 Å². The minimum absolute atomic E-state index is 0.0334. The van der Waals surface area contributed by atoms with Crippen LogP contribution in [0.2, 0.25) is 10.2 Å². The summed E-state index contributed by atoms with van der Waals surface area (Å²) in [5, 5.41) is 13.7. The maximum atomic E-state index is 12.1. The number of anilines is 1. The van der Waals surface area contributed by atoms with Crippen LogP contribution in [0.3, 0.4) is 0 Å².